The number of pyridine rings is 1. The maximum Gasteiger partial charge on any atom is 0.279 e. The van der Waals surface area contributed by atoms with E-state index in [0.717, 1.165) is 12.8 Å². The fraction of sp³-hybridized carbons (Fsp3) is 0.545. The predicted molar refractivity (Wildman–Crippen MR) is 61.8 cm³/mol. The Morgan fingerprint density at radius 3 is 2.94 bits per heavy atom. The first-order valence-corrected chi connectivity index (χ1v) is 5.58. The third kappa shape index (κ3) is 2.52. The smallest absolute Gasteiger partial charge is 0.279 e. The number of hydrogen-bond acceptors (Lipinski definition) is 5. The first-order valence-electron chi connectivity index (χ1n) is 5.58. The number of aryl methyl sites for hydroxylation is 1. The van der Waals surface area contributed by atoms with Crippen LogP contribution in [0.2, 0.25) is 0 Å². The number of aromatic nitrogens is 1. The Morgan fingerprint density at radius 2 is 2.35 bits per heavy atom. The van der Waals surface area contributed by atoms with Gasteiger partial charge < -0.3 is 10.5 Å². The zero-order valence-corrected chi connectivity index (χ0v) is 9.63. The average molecular weight is 237 g/mol. The van der Waals surface area contributed by atoms with Crippen molar-refractivity contribution < 1.29 is 9.66 Å². The summed E-state index contributed by atoms with van der Waals surface area (Å²) < 4.78 is 5.56. The van der Waals surface area contributed by atoms with E-state index in [1.807, 2.05) is 0 Å². The van der Waals surface area contributed by atoms with Crippen molar-refractivity contribution in [2.24, 2.45) is 11.7 Å². The Kier molecular flexibility index (Phi) is 3.23. The second-order valence-corrected chi connectivity index (χ2v) is 4.38. The average Bonchev–Trinajstić information content (AvgIpc) is 2.24. The van der Waals surface area contributed by atoms with Gasteiger partial charge in [-0.3, -0.25) is 10.1 Å². The van der Waals surface area contributed by atoms with Gasteiger partial charge in [0.05, 0.1) is 11.0 Å². The monoisotopic (exact) mass is 237 g/mol. The summed E-state index contributed by atoms with van der Waals surface area (Å²) in [6, 6.07) is 1.38. The zero-order chi connectivity index (χ0) is 12.4. The Morgan fingerprint density at radius 1 is 1.65 bits per heavy atom. The van der Waals surface area contributed by atoms with E-state index in [0.29, 0.717) is 23.9 Å². The van der Waals surface area contributed by atoms with E-state index in [9.17, 15) is 10.1 Å². The molecule has 1 heterocycles. The highest BCUT2D eigenvalue weighted by molar-refractivity contribution is 5.40. The minimum atomic E-state index is -0.423. The molecule has 1 aliphatic carbocycles. The van der Waals surface area contributed by atoms with Crippen LogP contribution in [0.4, 0.5) is 5.69 Å². The van der Waals surface area contributed by atoms with Gasteiger partial charge in [0.25, 0.3) is 5.69 Å². The maximum absolute atomic E-state index is 10.7. The lowest BCUT2D eigenvalue weighted by molar-refractivity contribution is -0.385. The van der Waals surface area contributed by atoms with Gasteiger partial charge in [0, 0.05) is 11.8 Å². The lowest BCUT2D eigenvalue weighted by Gasteiger charge is -2.33. The largest absolute Gasteiger partial charge is 0.474 e. The van der Waals surface area contributed by atoms with E-state index in [1.165, 1.54) is 12.3 Å². The van der Waals surface area contributed by atoms with Crippen molar-refractivity contribution in [1.29, 1.82) is 0 Å². The van der Waals surface area contributed by atoms with E-state index in [1.54, 1.807) is 6.92 Å². The summed E-state index contributed by atoms with van der Waals surface area (Å²) in [5.74, 6) is 0.836. The molecule has 92 valence electrons. The molecule has 17 heavy (non-hydrogen) atoms. The molecule has 1 aromatic heterocycles. The lowest BCUT2D eigenvalue weighted by Crippen LogP contribution is -2.37. The topological polar surface area (TPSA) is 91.3 Å². The van der Waals surface area contributed by atoms with Crippen molar-refractivity contribution in [2.45, 2.75) is 25.9 Å². The van der Waals surface area contributed by atoms with Crippen LogP contribution in [-0.2, 0) is 0 Å². The van der Waals surface area contributed by atoms with Crippen molar-refractivity contribution in [3.05, 3.63) is 27.9 Å². The number of rotatable bonds is 4. The van der Waals surface area contributed by atoms with Crippen LogP contribution in [0, 0.1) is 23.0 Å². The molecular formula is C11H15N3O3. The van der Waals surface area contributed by atoms with Crippen molar-refractivity contribution in [3.8, 4) is 5.88 Å². The minimum absolute atomic E-state index is 0.0460. The molecule has 1 aliphatic rings. The van der Waals surface area contributed by atoms with Gasteiger partial charge in [-0.05, 0) is 32.2 Å². The summed E-state index contributed by atoms with van der Waals surface area (Å²) in [6.07, 6.45) is 3.37. The molecule has 0 radical (unpaired) electrons. The number of nitro groups is 1. The molecule has 0 aromatic carbocycles. The highest BCUT2D eigenvalue weighted by Crippen LogP contribution is 2.31. The molecule has 6 heteroatoms. The van der Waals surface area contributed by atoms with Gasteiger partial charge in [-0.15, -0.1) is 0 Å². The summed E-state index contributed by atoms with van der Waals surface area (Å²) >= 11 is 0. The second kappa shape index (κ2) is 4.67. The van der Waals surface area contributed by atoms with Gasteiger partial charge in [0.2, 0.25) is 5.88 Å². The van der Waals surface area contributed by atoms with E-state index in [2.05, 4.69) is 4.98 Å². The Bertz CT molecular complexity index is 430. The summed E-state index contributed by atoms with van der Waals surface area (Å²) in [4.78, 5) is 14.4. The van der Waals surface area contributed by atoms with Crippen LogP contribution >= 0.6 is 0 Å². The molecule has 1 saturated carbocycles. The third-order valence-electron chi connectivity index (χ3n) is 3.06. The number of ether oxygens (including phenoxy) is 1. The summed E-state index contributed by atoms with van der Waals surface area (Å²) in [5, 5.41) is 10.7. The van der Waals surface area contributed by atoms with Gasteiger partial charge in [0.1, 0.15) is 6.10 Å². The first kappa shape index (κ1) is 11.8. The molecule has 1 aromatic rings. The molecule has 0 unspecified atom stereocenters. The van der Waals surface area contributed by atoms with Crippen LogP contribution in [-0.4, -0.2) is 22.6 Å². The molecule has 0 aliphatic heterocycles. The van der Waals surface area contributed by atoms with Crippen molar-refractivity contribution in [3.63, 3.8) is 0 Å². The first-order chi connectivity index (χ1) is 8.10. The lowest BCUT2D eigenvalue weighted by atomic mass is 9.82. The zero-order valence-electron chi connectivity index (χ0n) is 9.63. The van der Waals surface area contributed by atoms with Crippen LogP contribution in [0.3, 0.4) is 0 Å². The Balaban J connectivity index is 2.02. The summed E-state index contributed by atoms with van der Waals surface area (Å²) in [5.41, 5.74) is 6.10. The fourth-order valence-corrected chi connectivity index (χ4v) is 1.89. The van der Waals surface area contributed by atoms with Crippen LogP contribution in [0.25, 0.3) is 0 Å². The van der Waals surface area contributed by atoms with Gasteiger partial charge in [0.15, 0.2) is 0 Å². The predicted octanol–water partition coefficient (Wildman–Crippen LogP) is 1.41. The van der Waals surface area contributed by atoms with Crippen LogP contribution in [0.1, 0.15) is 18.4 Å². The van der Waals surface area contributed by atoms with Gasteiger partial charge in [-0.25, -0.2) is 4.98 Å². The SMILES string of the molecule is Cc1cnc(OC2CC(CN)C2)cc1[N+](=O)[O-]. The molecule has 0 spiro atoms. The van der Waals surface area contributed by atoms with Crippen LogP contribution in [0.5, 0.6) is 5.88 Å². The second-order valence-electron chi connectivity index (χ2n) is 4.38. The summed E-state index contributed by atoms with van der Waals surface area (Å²) in [7, 11) is 0. The molecule has 0 bridgehead atoms. The summed E-state index contributed by atoms with van der Waals surface area (Å²) in [6.45, 7) is 2.32. The molecule has 2 N–H and O–H groups in total. The molecule has 6 nitrogen and oxygen atoms in total. The number of nitrogens with two attached hydrogens (primary N) is 1. The van der Waals surface area contributed by atoms with E-state index >= 15 is 0 Å². The van der Waals surface area contributed by atoms with Gasteiger partial charge in [-0.1, -0.05) is 0 Å². The highest BCUT2D eigenvalue weighted by atomic mass is 16.6. The molecular weight excluding hydrogens is 222 g/mol. The Labute approximate surface area is 98.9 Å². The van der Waals surface area contributed by atoms with E-state index < -0.39 is 4.92 Å². The molecule has 0 atom stereocenters. The van der Waals surface area contributed by atoms with E-state index in [4.69, 9.17) is 10.5 Å². The van der Waals surface area contributed by atoms with Crippen LogP contribution < -0.4 is 10.5 Å². The molecule has 0 saturated heterocycles. The molecule has 2 rings (SSSR count). The number of hydrogen-bond donors (Lipinski definition) is 1. The maximum atomic E-state index is 10.7. The highest BCUT2D eigenvalue weighted by Gasteiger charge is 2.30. The van der Waals surface area contributed by atoms with Crippen molar-refractivity contribution in [1.82, 2.24) is 4.98 Å². The standard InChI is InChI=1S/C11H15N3O3/c1-7-6-13-11(4-10(7)14(15)16)17-9-2-8(3-9)5-12/h4,6,8-9H,2-3,5,12H2,1H3. The van der Waals surface area contributed by atoms with E-state index in [-0.39, 0.29) is 11.8 Å². The molecule has 1 fully saturated rings. The third-order valence-corrected chi connectivity index (χ3v) is 3.06. The quantitative estimate of drug-likeness (QED) is 0.631. The van der Waals surface area contributed by atoms with Crippen molar-refractivity contribution >= 4 is 5.69 Å². The van der Waals surface area contributed by atoms with Gasteiger partial charge in [-0.2, -0.15) is 0 Å². The minimum Gasteiger partial charge on any atom is -0.474 e. The van der Waals surface area contributed by atoms with Gasteiger partial charge >= 0.3 is 0 Å². The van der Waals surface area contributed by atoms with Crippen LogP contribution in [0.15, 0.2) is 12.3 Å². The number of nitrogens with zero attached hydrogens (tertiary/aromatic N) is 2. The fourth-order valence-electron chi connectivity index (χ4n) is 1.89. The normalized spacial score (nSPS) is 22.9. The Hall–Kier alpha value is -1.69. The molecule has 0 amide bonds. The van der Waals surface area contributed by atoms with Crippen molar-refractivity contribution in [2.75, 3.05) is 6.54 Å².